The minimum atomic E-state index is 0.713. The zero-order chi connectivity index (χ0) is 13.9. The van der Waals surface area contributed by atoms with Crippen molar-refractivity contribution in [1.29, 1.82) is 0 Å². The number of furan rings is 2. The molecule has 108 valence electrons. The van der Waals surface area contributed by atoms with Crippen molar-refractivity contribution in [3.63, 3.8) is 0 Å². The predicted molar refractivity (Wildman–Crippen MR) is 77.2 cm³/mol. The van der Waals surface area contributed by atoms with Crippen LogP contribution in [0.1, 0.15) is 35.7 Å². The first-order chi connectivity index (χ1) is 9.70. The molecule has 0 saturated heterocycles. The van der Waals surface area contributed by atoms with Crippen LogP contribution < -0.4 is 5.32 Å². The second-order valence-corrected chi connectivity index (χ2v) is 5.70. The third kappa shape index (κ3) is 3.52. The van der Waals surface area contributed by atoms with Crippen LogP contribution >= 0.6 is 0 Å². The summed E-state index contributed by atoms with van der Waals surface area (Å²) < 4.78 is 11.2. The van der Waals surface area contributed by atoms with Gasteiger partial charge in [-0.15, -0.1) is 0 Å². The van der Waals surface area contributed by atoms with E-state index in [-0.39, 0.29) is 0 Å². The van der Waals surface area contributed by atoms with Gasteiger partial charge in [-0.2, -0.15) is 0 Å². The van der Waals surface area contributed by atoms with Crippen molar-refractivity contribution >= 4 is 0 Å². The molecule has 4 nitrogen and oxygen atoms in total. The number of hydrogen-bond acceptors (Lipinski definition) is 4. The lowest BCUT2D eigenvalue weighted by molar-refractivity contribution is 0.286. The maximum atomic E-state index is 5.82. The molecule has 20 heavy (non-hydrogen) atoms. The average Bonchev–Trinajstić information content (AvgIpc) is 2.99. The SMILES string of the molecule is Cc1oc(CNC2CC2)cc1CN(C)Cc1ccco1. The highest BCUT2D eigenvalue weighted by molar-refractivity contribution is 5.21. The summed E-state index contributed by atoms with van der Waals surface area (Å²) in [4.78, 5) is 2.23. The van der Waals surface area contributed by atoms with Crippen LogP contribution in [0, 0.1) is 6.92 Å². The molecule has 0 radical (unpaired) electrons. The summed E-state index contributed by atoms with van der Waals surface area (Å²) in [6, 6.07) is 6.81. The largest absolute Gasteiger partial charge is 0.468 e. The molecular weight excluding hydrogens is 252 g/mol. The van der Waals surface area contributed by atoms with Crippen molar-refractivity contribution in [2.24, 2.45) is 0 Å². The summed E-state index contributed by atoms with van der Waals surface area (Å²) >= 11 is 0. The van der Waals surface area contributed by atoms with Gasteiger partial charge in [-0.25, -0.2) is 0 Å². The van der Waals surface area contributed by atoms with E-state index in [9.17, 15) is 0 Å². The summed E-state index contributed by atoms with van der Waals surface area (Å²) in [7, 11) is 2.09. The van der Waals surface area contributed by atoms with Gasteiger partial charge < -0.3 is 14.2 Å². The van der Waals surface area contributed by atoms with Gasteiger partial charge in [-0.1, -0.05) is 0 Å². The van der Waals surface area contributed by atoms with Crippen molar-refractivity contribution < 1.29 is 8.83 Å². The summed E-state index contributed by atoms with van der Waals surface area (Å²) in [5, 5.41) is 3.48. The topological polar surface area (TPSA) is 41.6 Å². The van der Waals surface area contributed by atoms with Crippen molar-refractivity contribution in [3.05, 3.63) is 47.3 Å². The smallest absolute Gasteiger partial charge is 0.118 e. The van der Waals surface area contributed by atoms with Crippen LogP contribution in [0.5, 0.6) is 0 Å². The van der Waals surface area contributed by atoms with E-state index in [2.05, 4.69) is 23.3 Å². The molecule has 3 rings (SSSR count). The maximum Gasteiger partial charge on any atom is 0.118 e. The van der Waals surface area contributed by atoms with E-state index in [0.717, 1.165) is 36.9 Å². The van der Waals surface area contributed by atoms with Crippen LogP contribution in [0.3, 0.4) is 0 Å². The van der Waals surface area contributed by atoms with Crippen LogP contribution in [0.4, 0.5) is 0 Å². The number of nitrogens with zero attached hydrogens (tertiary/aromatic N) is 1. The molecule has 1 fully saturated rings. The molecule has 2 heterocycles. The van der Waals surface area contributed by atoms with Crippen molar-refractivity contribution in [3.8, 4) is 0 Å². The Kier molecular flexibility index (Phi) is 3.94. The fourth-order valence-electron chi connectivity index (χ4n) is 2.38. The summed E-state index contributed by atoms with van der Waals surface area (Å²) in [6.07, 6.45) is 4.32. The van der Waals surface area contributed by atoms with Gasteiger partial charge in [0.25, 0.3) is 0 Å². The number of nitrogens with one attached hydrogen (secondary N) is 1. The lowest BCUT2D eigenvalue weighted by Crippen LogP contribution is -2.17. The van der Waals surface area contributed by atoms with Crippen LogP contribution in [-0.2, 0) is 19.6 Å². The zero-order valence-corrected chi connectivity index (χ0v) is 12.2. The first-order valence-electron chi connectivity index (χ1n) is 7.23. The number of aryl methyl sites for hydroxylation is 1. The Hall–Kier alpha value is -1.52. The molecule has 0 bridgehead atoms. The lowest BCUT2D eigenvalue weighted by Gasteiger charge is -2.14. The Bertz CT molecular complexity index is 541. The van der Waals surface area contributed by atoms with E-state index in [1.807, 2.05) is 19.1 Å². The summed E-state index contributed by atoms with van der Waals surface area (Å²) in [5.41, 5.74) is 1.26. The van der Waals surface area contributed by atoms with Crippen LogP contribution in [0.25, 0.3) is 0 Å². The lowest BCUT2D eigenvalue weighted by atomic mass is 10.2. The fourth-order valence-corrected chi connectivity index (χ4v) is 2.38. The van der Waals surface area contributed by atoms with E-state index < -0.39 is 0 Å². The Morgan fingerprint density at radius 2 is 2.15 bits per heavy atom. The van der Waals surface area contributed by atoms with E-state index in [1.54, 1.807) is 6.26 Å². The number of rotatable bonds is 7. The molecule has 4 heteroatoms. The highest BCUT2D eigenvalue weighted by atomic mass is 16.3. The monoisotopic (exact) mass is 274 g/mol. The van der Waals surface area contributed by atoms with Crippen LogP contribution in [0.2, 0.25) is 0 Å². The molecule has 0 unspecified atom stereocenters. The Balaban J connectivity index is 1.55. The van der Waals surface area contributed by atoms with Gasteiger partial charge in [0.1, 0.15) is 17.3 Å². The first kappa shape index (κ1) is 13.5. The molecule has 1 aliphatic carbocycles. The van der Waals surface area contributed by atoms with Gasteiger partial charge in [-0.3, -0.25) is 4.90 Å². The fraction of sp³-hybridized carbons (Fsp3) is 0.500. The minimum Gasteiger partial charge on any atom is -0.468 e. The highest BCUT2D eigenvalue weighted by Crippen LogP contribution is 2.21. The third-order valence-electron chi connectivity index (χ3n) is 3.66. The van der Waals surface area contributed by atoms with Crippen LogP contribution in [0.15, 0.2) is 33.3 Å². The highest BCUT2D eigenvalue weighted by Gasteiger charge is 2.21. The van der Waals surface area contributed by atoms with E-state index >= 15 is 0 Å². The molecule has 0 aromatic carbocycles. The standard InChI is InChI=1S/C16H22N2O2/c1-12-13(8-16(20-12)9-17-14-5-6-14)10-18(2)11-15-4-3-7-19-15/h3-4,7-8,14,17H,5-6,9-11H2,1-2H3. The van der Waals surface area contributed by atoms with Gasteiger partial charge >= 0.3 is 0 Å². The molecular formula is C16H22N2O2. The molecule has 2 aromatic rings. The van der Waals surface area contributed by atoms with Gasteiger partial charge in [0, 0.05) is 18.2 Å². The minimum absolute atomic E-state index is 0.713. The molecule has 0 atom stereocenters. The van der Waals surface area contributed by atoms with E-state index in [4.69, 9.17) is 8.83 Å². The quantitative estimate of drug-likeness (QED) is 0.842. The first-order valence-corrected chi connectivity index (χ1v) is 7.23. The third-order valence-corrected chi connectivity index (χ3v) is 3.66. The second kappa shape index (κ2) is 5.85. The Labute approximate surface area is 119 Å². The van der Waals surface area contributed by atoms with Gasteiger partial charge in [0.2, 0.25) is 0 Å². The molecule has 0 aliphatic heterocycles. The molecule has 1 aliphatic rings. The summed E-state index contributed by atoms with van der Waals surface area (Å²) in [5.74, 6) is 3.05. The average molecular weight is 274 g/mol. The van der Waals surface area contributed by atoms with Crippen LogP contribution in [-0.4, -0.2) is 18.0 Å². The molecule has 0 amide bonds. The second-order valence-electron chi connectivity index (χ2n) is 5.70. The molecule has 2 aromatic heterocycles. The van der Waals surface area contributed by atoms with Gasteiger partial charge in [0.15, 0.2) is 0 Å². The van der Waals surface area contributed by atoms with E-state index in [1.165, 1.54) is 18.4 Å². The van der Waals surface area contributed by atoms with Gasteiger partial charge in [-0.05, 0) is 45.0 Å². The van der Waals surface area contributed by atoms with Crippen molar-refractivity contribution in [1.82, 2.24) is 10.2 Å². The predicted octanol–water partition coefficient (Wildman–Crippen LogP) is 3.07. The normalized spacial score (nSPS) is 15.2. The molecule has 1 N–H and O–H groups in total. The van der Waals surface area contributed by atoms with E-state index in [0.29, 0.717) is 6.04 Å². The maximum absolute atomic E-state index is 5.82. The van der Waals surface area contributed by atoms with Gasteiger partial charge in [0.05, 0.1) is 19.4 Å². The Morgan fingerprint density at radius 3 is 2.85 bits per heavy atom. The number of hydrogen-bond donors (Lipinski definition) is 1. The van der Waals surface area contributed by atoms with Crippen molar-refractivity contribution in [2.45, 2.75) is 45.4 Å². The molecule has 0 spiro atoms. The summed E-state index contributed by atoms with van der Waals surface area (Å²) in [6.45, 7) is 4.57. The molecule has 1 saturated carbocycles. The Morgan fingerprint density at radius 1 is 1.30 bits per heavy atom. The van der Waals surface area contributed by atoms with Crippen molar-refractivity contribution in [2.75, 3.05) is 7.05 Å². The zero-order valence-electron chi connectivity index (χ0n) is 12.2.